The van der Waals surface area contributed by atoms with Crippen molar-refractivity contribution >= 4 is 5.91 Å². The summed E-state index contributed by atoms with van der Waals surface area (Å²) in [5.74, 6) is -0.253. The number of aromatic hydroxyl groups is 1. The lowest BCUT2D eigenvalue weighted by atomic mass is 10.1. The minimum Gasteiger partial charge on any atom is -0.507 e. The monoisotopic (exact) mass is 221 g/mol. The van der Waals surface area contributed by atoms with Crippen LogP contribution in [0.15, 0.2) is 18.2 Å². The fourth-order valence-corrected chi connectivity index (χ4v) is 1.71. The molecule has 1 fully saturated rings. The van der Waals surface area contributed by atoms with Gasteiger partial charge in [0.05, 0.1) is 12.2 Å². The van der Waals surface area contributed by atoms with Crippen LogP contribution in [0.3, 0.4) is 0 Å². The van der Waals surface area contributed by atoms with E-state index in [1.807, 2.05) is 6.92 Å². The third kappa shape index (κ3) is 2.17. The molecule has 4 heteroatoms. The molecule has 0 saturated carbocycles. The first-order valence-electron chi connectivity index (χ1n) is 5.43. The second-order valence-corrected chi connectivity index (χ2v) is 3.97. The lowest BCUT2D eigenvalue weighted by Gasteiger charge is -2.26. The molecule has 0 bridgehead atoms. The number of aryl methyl sites for hydroxylation is 1. The first kappa shape index (κ1) is 11.0. The van der Waals surface area contributed by atoms with Crippen LogP contribution in [0.5, 0.6) is 5.75 Å². The third-order valence-corrected chi connectivity index (χ3v) is 2.61. The number of hydrogen-bond donors (Lipinski definition) is 1. The molecule has 0 radical (unpaired) electrons. The van der Waals surface area contributed by atoms with E-state index in [9.17, 15) is 9.90 Å². The molecule has 1 amide bonds. The molecule has 0 spiro atoms. The Labute approximate surface area is 94.4 Å². The predicted molar refractivity (Wildman–Crippen MR) is 59.1 cm³/mol. The quantitative estimate of drug-likeness (QED) is 0.787. The highest BCUT2D eigenvalue weighted by Gasteiger charge is 2.21. The molecule has 0 unspecified atom stereocenters. The van der Waals surface area contributed by atoms with E-state index in [1.54, 1.807) is 18.2 Å². The number of nitrogens with zero attached hydrogens (tertiary/aromatic N) is 1. The van der Waals surface area contributed by atoms with Crippen molar-refractivity contribution < 1.29 is 14.7 Å². The highest BCUT2D eigenvalue weighted by molar-refractivity contribution is 5.96. The number of rotatable bonds is 1. The molecule has 1 saturated heterocycles. The van der Waals surface area contributed by atoms with Crippen molar-refractivity contribution in [3.8, 4) is 5.75 Å². The zero-order valence-corrected chi connectivity index (χ0v) is 9.27. The Morgan fingerprint density at radius 2 is 2.25 bits per heavy atom. The number of amides is 1. The van der Waals surface area contributed by atoms with Gasteiger partial charge in [0, 0.05) is 6.54 Å². The van der Waals surface area contributed by atoms with E-state index in [4.69, 9.17) is 4.84 Å². The van der Waals surface area contributed by atoms with Gasteiger partial charge in [0.2, 0.25) is 0 Å². The molecule has 1 aromatic rings. The Hall–Kier alpha value is -1.55. The van der Waals surface area contributed by atoms with Gasteiger partial charge in [-0.2, -0.15) is 0 Å². The first-order valence-corrected chi connectivity index (χ1v) is 5.43. The summed E-state index contributed by atoms with van der Waals surface area (Å²) in [6.07, 6.45) is 1.92. The lowest BCUT2D eigenvalue weighted by molar-refractivity contribution is -0.144. The van der Waals surface area contributed by atoms with Crippen molar-refractivity contribution in [2.75, 3.05) is 13.2 Å². The van der Waals surface area contributed by atoms with Gasteiger partial charge in [0.15, 0.2) is 0 Å². The molecule has 1 aliphatic rings. The van der Waals surface area contributed by atoms with Gasteiger partial charge in [-0.1, -0.05) is 6.07 Å². The minimum atomic E-state index is -0.266. The normalized spacial score (nSPS) is 16.2. The fraction of sp³-hybridized carbons (Fsp3) is 0.417. The number of carbonyl (C=O) groups excluding carboxylic acids is 1. The molecule has 1 aromatic carbocycles. The maximum atomic E-state index is 12.0. The summed E-state index contributed by atoms with van der Waals surface area (Å²) in [6.45, 7) is 3.02. The largest absolute Gasteiger partial charge is 0.507 e. The summed E-state index contributed by atoms with van der Waals surface area (Å²) in [4.78, 5) is 17.2. The average molecular weight is 221 g/mol. The summed E-state index contributed by atoms with van der Waals surface area (Å²) in [5.41, 5.74) is 1.22. The van der Waals surface area contributed by atoms with Crippen LogP contribution in [0.1, 0.15) is 28.8 Å². The Kier molecular flexibility index (Phi) is 3.10. The second kappa shape index (κ2) is 4.53. The van der Waals surface area contributed by atoms with Crippen molar-refractivity contribution in [1.29, 1.82) is 0 Å². The van der Waals surface area contributed by atoms with Crippen molar-refractivity contribution in [3.63, 3.8) is 0 Å². The van der Waals surface area contributed by atoms with E-state index < -0.39 is 0 Å². The number of phenolic OH excluding ortho intramolecular Hbond substituents is 1. The van der Waals surface area contributed by atoms with E-state index in [-0.39, 0.29) is 11.7 Å². The number of hydrogen-bond acceptors (Lipinski definition) is 3. The molecule has 2 rings (SSSR count). The number of carbonyl (C=O) groups is 1. The van der Waals surface area contributed by atoms with Crippen molar-refractivity contribution in [2.45, 2.75) is 19.8 Å². The van der Waals surface area contributed by atoms with E-state index in [0.29, 0.717) is 18.7 Å². The Morgan fingerprint density at radius 1 is 1.44 bits per heavy atom. The molecule has 1 heterocycles. The minimum absolute atomic E-state index is 0.0131. The van der Waals surface area contributed by atoms with Crippen LogP contribution in [0.2, 0.25) is 0 Å². The van der Waals surface area contributed by atoms with Crippen LogP contribution in [0, 0.1) is 6.92 Å². The SMILES string of the molecule is Cc1ccc(C(=O)N2CCCCO2)c(O)c1. The molecule has 0 aliphatic carbocycles. The topological polar surface area (TPSA) is 49.8 Å². The van der Waals surface area contributed by atoms with Gasteiger partial charge in [-0.25, -0.2) is 5.06 Å². The van der Waals surface area contributed by atoms with Crippen LogP contribution in [0.4, 0.5) is 0 Å². The first-order chi connectivity index (χ1) is 7.68. The maximum Gasteiger partial charge on any atom is 0.281 e. The zero-order chi connectivity index (χ0) is 11.5. The fourth-order valence-electron chi connectivity index (χ4n) is 1.71. The van der Waals surface area contributed by atoms with Crippen molar-refractivity contribution in [2.24, 2.45) is 0 Å². The molecule has 86 valence electrons. The van der Waals surface area contributed by atoms with Crippen molar-refractivity contribution in [3.05, 3.63) is 29.3 Å². The molecule has 1 aliphatic heterocycles. The summed E-state index contributed by atoms with van der Waals surface area (Å²) < 4.78 is 0. The van der Waals surface area contributed by atoms with Crippen molar-refractivity contribution in [1.82, 2.24) is 5.06 Å². The van der Waals surface area contributed by atoms with Crippen LogP contribution < -0.4 is 0 Å². The standard InChI is InChI=1S/C12H15NO3/c1-9-4-5-10(11(14)8-9)12(15)13-6-2-3-7-16-13/h4-5,8,14H,2-3,6-7H2,1H3. The van der Waals surface area contributed by atoms with Crippen LogP contribution >= 0.6 is 0 Å². The Morgan fingerprint density at radius 3 is 2.88 bits per heavy atom. The Bertz CT molecular complexity index is 397. The lowest BCUT2D eigenvalue weighted by Crippen LogP contribution is -2.35. The van der Waals surface area contributed by atoms with Gasteiger partial charge >= 0.3 is 0 Å². The average Bonchev–Trinajstić information content (AvgIpc) is 2.29. The maximum absolute atomic E-state index is 12.0. The van der Waals surface area contributed by atoms with Crippen LogP contribution in [-0.4, -0.2) is 29.2 Å². The number of phenols is 1. The van der Waals surface area contributed by atoms with E-state index >= 15 is 0 Å². The molecular formula is C12H15NO3. The summed E-state index contributed by atoms with van der Waals surface area (Å²) in [7, 11) is 0. The summed E-state index contributed by atoms with van der Waals surface area (Å²) in [6, 6.07) is 5.01. The summed E-state index contributed by atoms with van der Waals surface area (Å²) >= 11 is 0. The highest BCUT2D eigenvalue weighted by Crippen LogP contribution is 2.21. The molecule has 0 atom stereocenters. The van der Waals surface area contributed by atoms with Gasteiger partial charge < -0.3 is 5.11 Å². The smallest absolute Gasteiger partial charge is 0.281 e. The zero-order valence-electron chi connectivity index (χ0n) is 9.27. The highest BCUT2D eigenvalue weighted by atomic mass is 16.7. The molecule has 1 N–H and O–H groups in total. The predicted octanol–water partition coefficient (Wildman–Crippen LogP) is 1.87. The third-order valence-electron chi connectivity index (χ3n) is 2.61. The molecular weight excluding hydrogens is 206 g/mol. The van der Waals surface area contributed by atoms with E-state index in [2.05, 4.69) is 0 Å². The van der Waals surface area contributed by atoms with E-state index in [1.165, 1.54) is 5.06 Å². The number of hydroxylamine groups is 2. The molecule has 16 heavy (non-hydrogen) atoms. The van der Waals surface area contributed by atoms with Crippen LogP contribution in [0.25, 0.3) is 0 Å². The molecule has 4 nitrogen and oxygen atoms in total. The molecule has 0 aromatic heterocycles. The van der Waals surface area contributed by atoms with Gasteiger partial charge in [-0.15, -0.1) is 0 Å². The Balaban J connectivity index is 2.19. The van der Waals surface area contributed by atoms with Gasteiger partial charge in [0.1, 0.15) is 5.75 Å². The van der Waals surface area contributed by atoms with E-state index in [0.717, 1.165) is 18.4 Å². The second-order valence-electron chi connectivity index (χ2n) is 3.97. The van der Waals surface area contributed by atoms with Gasteiger partial charge in [-0.05, 0) is 37.5 Å². The summed E-state index contributed by atoms with van der Waals surface area (Å²) in [5, 5.41) is 11.0. The van der Waals surface area contributed by atoms with Gasteiger partial charge in [0.25, 0.3) is 5.91 Å². The van der Waals surface area contributed by atoms with Crippen LogP contribution in [-0.2, 0) is 4.84 Å². The number of benzene rings is 1. The van der Waals surface area contributed by atoms with Gasteiger partial charge in [-0.3, -0.25) is 9.63 Å².